The van der Waals surface area contributed by atoms with E-state index in [1.807, 2.05) is 43.2 Å². The SMILES string of the molecule is C=C(C)CCCC(=CC)S(=O)(=O)c1ccc(CN(C)C(=C)c2cc3c(o2)C=C=CCC=C3)nc1. The Morgan fingerprint density at radius 1 is 1.29 bits per heavy atom. The Labute approximate surface area is 203 Å². The molecule has 0 saturated carbocycles. The number of hydrogen-bond donors (Lipinski definition) is 0. The lowest BCUT2D eigenvalue weighted by Gasteiger charge is -2.19. The molecule has 0 aromatic carbocycles. The molecule has 6 heteroatoms. The van der Waals surface area contributed by atoms with Crippen LogP contribution >= 0.6 is 0 Å². The van der Waals surface area contributed by atoms with E-state index >= 15 is 0 Å². The minimum atomic E-state index is -3.56. The first-order valence-corrected chi connectivity index (χ1v) is 12.8. The minimum absolute atomic E-state index is 0.207. The fourth-order valence-electron chi connectivity index (χ4n) is 3.61. The molecule has 0 fully saturated rings. The van der Waals surface area contributed by atoms with Crippen LogP contribution in [0.5, 0.6) is 0 Å². The van der Waals surface area contributed by atoms with Crippen molar-refractivity contribution in [1.82, 2.24) is 9.88 Å². The first-order valence-electron chi connectivity index (χ1n) is 11.3. The summed E-state index contributed by atoms with van der Waals surface area (Å²) >= 11 is 0. The van der Waals surface area contributed by atoms with E-state index < -0.39 is 9.84 Å². The van der Waals surface area contributed by atoms with Crippen molar-refractivity contribution in [3.63, 3.8) is 0 Å². The summed E-state index contributed by atoms with van der Waals surface area (Å²) in [4.78, 5) is 6.97. The van der Waals surface area contributed by atoms with Gasteiger partial charge in [0.1, 0.15) is 5.76 Å². The molecule has 2 heterocycles. The third-order valence-corrected chi connectivity index (χ3v) is 7.61. The van der Waals surface area contributed by atoms with Crippen LogP contribution in [0.2, 0.25) is 0 Å². The highest BCUT2D eigenvalue weighted by molar-refractivity contribution is 7.95. The molecule has 34 heavy (non-hydrogen) atoms. The molecule has 0 atom stereocenters. The Bertz CT molecular complexity index is 1290. The molecule has 2 aromatic rings. The molecule has 0 amide bonds. The van der Waals surface area contributed by atoms with Gasteiger partial charge in [0.05, 0.1) is 22.8 Å². The summed E-state index contributed by atoms with van der Waals surface area (Å²) in [6, 6.07) is 5.33. The van der Waals surface area contributed by atoms with Gasteiger partial charge in [0.15, 0.2) is 5.76 Å². The molecule has 0 unspecified atom stereocenters. The van der Waals surface area contributed by atoms with Gasteiger partial charge in [-0.2, -0.15) is 0 Å². The van der Waals surface area contributed by atoms with Crippen LogP contribution in [-0.2, 0) is 16.4 Å². The van der Waals surface area contributed by atoms with E-state index in [0.717, 1.165) is 41.9 Å². The van der Waals surface area contributed by atoms with Crippen LogP contribution in [-0.4, -0.2) is 25.3 Å². The lowest BCUT2D eigenvalue weighted by atomic mass is 10.1. The van der Waals surface area contributed by atoms with E-state index in [-0.39, 0.29) is 4.90 Å². The zero-order valence-electron chi connectivity index (χ0n) is 20.2. The predicted octanol–water partition coefficient (Wildman–Crippen LogP) is 6.79. The van der Waals surface area contributed by atoms with Crippen molar-refractivity contribution in [2.75, 3.05) is 7.05 Å². The summed E-state index contributed by atoms with van der Waals surface area (Å²) < 4.78 is 32.0. The Hall–Kier alpha value is -3.34. The topological polar surface area (TPSA) is 63.4 Å². The summed E-state index contributed by atoms with van der Waals surface area (Å²) in [6.07, 6.45) is 13.9. The van der Waals surface area contributed by atoms with Gasteiger partial charge in [-0.05, 0) is 63.8 Å². The van der Waals surface area contributed by atoms with Crippen molar-refractivity contribution in [1.29, 1.82) is 0 Å². The average molecular weight is 477 g/mol. The number of furan rings is 1. The summed E-state index contributed by atoms with van der Waals surface area (Å²) in [5.41, 5.74) is 6.59. The Morgan fingerprint density at radius 2 is 2.09 bits per heavy atom. The van der Waals surface area contributed by atoms with Crippen molar-refractivity contribution in [3.8, 4) is 0 Å². The minimum Gasteiger partial charge on any atom is -0.454 e. The highest BCUT2D eigenvalue weighted by Gasteiger charge is 2.21. The number of sulfone groups is 1. The van der Waals surface area contributed by atoms with E-state index in [4.69, 9.17) is 4.42 Å². The Kier molecular flexibility index (Phi) is 8.32. The normalized spacial score (nSPS) is 13.3. The second-order valence-electron chi connectivity index (χ2n) is 8.44. The molecule has 178 valence electrons. The summed E-state index contributed by atoms with van der Waals surface area (Å²) in [7, 11) is -1.65. The highest BCUT2D eigenvalue weighted by Crippen LogP contribution is 2.27. The molecule has 0 N–H and O–H groups in total. The quantitative estimate of drug-likeness (QED) is 0.279. The van der Waals surface area contributed by atoms with E-state index in [1.54, 1.807) is 25.1 Å². The van der Waals surface area contributed by atoms with E-state index in [2.05, 4.69) is 29.9 Å². The number of aromatic nitrogens is 1. The van der Waals surface area contributed by atoms with Gasteiger partial charge in [-0.1, -0.05) is 30.4 Å². The van der Waals surface area contributed by atoms with Crippen molar-refractivity contribution in [3.05, 3.63) is 94.8 Å². The first-order chi connectivity index (χ1) is 16.2. The van der Waals surface area contributed by atoms with E-state index in [1.165, 1.54) is 6.20 Å². The van der Waals surface area contributed by atoms with Gasteiger partial charge >= 0.3 is 0 Å². The molecular weight excluding hydrogens is 444 g/mol. The predicted molar refractivity (Wildman–Crippen MR) is 139 cm³/mol. The molecule has 2 aromatic heterocycles. The number of rotatable bonds is 10. The molecule has 0 bridgehead atoms. The van der Waals surface area contributed by atoms with Crippen LogP contribution in [0, 0.1) is 0 Å². The zero-order valence-corrected chi connectivity index (χ0v) is 21.0. The van der Waals surface area contributed by atoms with Crippen molar-refractivity contribution >= 4 is 27.7 Å². The van der Waals surface area contributed by atoms with Gasteiger partial charge in [0.25, 0.3) is 0 Å². The maximum absolute atomic E-state index is 13.0. The second-order valence-corrected chi connectivity index (χ2v) is 10.4. The van der Waals surface area contributed by atoms with Gasteiger partial charge in [0, 0.05) is 29.8 Å². The largest absolute Gasteiger partial charge is 0.454 e. The smallest absolute Gasteiger partial charge is 0.203 e. The first kappa shape index (κ1) is 25.3. The third kappa shape index (κ3) is 6.16. The van der Waals surface area contributed by atoms with Gasteiger partial charge in [-0.25, -0.2) is 8.42 Å². The van der Waals surface area contributed by atoms with E-state index in [0.29, 0.717) is 29.3 Å². The molecule has 0 radical (unpaired) electrons. The fourth-order valence-corrected chi connectivity index (χ4v) is 5.07. The Morgan fingerprint density at radius 3 is 2.76 bits per heavy atom. The summed E-state index contributed by atoms with van der Waals surface area (Å²) in [6.45, 7) is 12.2. The summed E-state index contributed by atoms with van der Waals surface area (Å²) in [5, 5.41) is 0. The molecule has 5 nitrogen and oxygen atoms in total. The van der Waals surface area contributed by atoms with Crippen LogP contribution in [0.4, 0.5) is 0 Å². The second kappa shape index (κ2) is 11.2. The zero-order chi connectivity index (χ0) is 24.7. The highest BCUT2D eigenvalue weighted by atomic mass is 32.2. The Balaban J connectivity index is 1.69. The van der Waals surface area contributed by atoms with Gasteiger partial charge in [-0.15, -0.1) is 12.3 Å². The van der Waals surface area contributed by atoms with Gasteiger partial charge < -0.3 is 9.32 Å². The molecule has 0 saturated heterocycles. The van der Waals surface area contributed by atoms with Crippen LogP contribution in [0.25, 0.3) is 17.8 Å². The lowest BCUT2D eigenvalue weighted by Crippen LogP contribution is -2.16. The molecule has 1 aliphatic carbocycles. The maximum Gasteiger partial charge on any atom is 0.203 e. The summed E-state index contributed by atoms with van der Waals surface area (Å²) in [5.74, 6) is 1.41. The van der Waals surface area contributed by atoms with Crippen molar-refractivity contribution in [2.24, 2.45) is 0 Å². The molecule has 0 aliphatic heterocycles. The van der Waals surface area contributed by atoms with Crippen LogP contribution in [0.15, 0.2) is 81.3 Å². The molecule has 3 rings (SSSR count). The monoisotopic (exact) mass is 476 g/mol. The number of hydrogen-bond acceptors (Lipinski definition) is 5. The van der Waals surface area contributed by atoms with Crippen LogP contribution in [0.3, 0.4) is 0 Å². The average Bonchev–Trinajstić information content (AvgIpc) is 3.18. The van der Waals surface area contributed by atoms with Crippen LogP contribution in [0.1, 0.15) is 62.3 Å². The van der Waals surface area contributed by atoms with Crippen LogP contribution < -0.4 is 0 Å². The standard InChI is InChI=1S/C28H32N2O3S/c1-6-25(14-11-12-21(2)3)34(31,32)26-17-16-24(29-19-26)20-30(5)22(4)28-18-23-13-9-7-8-10-15-27(23)33-28/h6,8-9,13,15-19H,2,4,7,11-12,14,20H2,1,3,5H3. The molecule has 1 aliphatic rings. The van der Waals surface area contributed by atoms with Gasteiger partial charge in [0.2, 0.25) is 9.84 Å². The number of pyridine rings is 1. The lowest BCUT2D eigenvalue weighted by molar-refractivity contribution is 0.440. The third-order valence-electron chi connectivity index (χ3n) is 5.62. The fraction of sp³-hybridized carbons (Fsp3) is 0.286. The van der Waals surface area contributed by atoms with Gasteiger partial charge in [-0.3, -0.25) is 4.98 Å². The maximum atomic E-state index is 13.0. The molecule has 0 spiro atoms. The molecular formula is C28H32N2O3S. The van der Waals surface area contributed by atoms with E-state index in [9.17, 15) is 8.42 Å². The van der Waals surface area contributed by atoms with Crippen molar-refractivity contribution in [2.45, 2.75) is 51.0 Å². The van der Waals surface area contributed by atoms with Crippen molar-refractivity contribution < 1.29 is 12.8 Å². The number of nitrogens with zero attached hydrogens (tertiary/aromatic N) is 2. The number of allylic oxidation sites excluding steroid dienone is 5. The number of fused-ring (bicyclic) bond motifs is 1.